The minimum absolute atomic E-state index is 0.00720. The highest BCUT2D eigenvalue weighted by Crippen LogP contribution is 2.27. The van der Waals surface area contributed by atoms with Gasteiger partial charge in [-0.3, -0.25) is 0 Å². The molecule has 0 heterocycles. The van der Waals surface area contributed by atoms with Crippen LogP contribution in [0.25, 0.3) is 0 Å². The van der Waals surface area contributed by atoms with Crippen LogP contribution in [0.5, 0.6) is 0 Å². The first-order chi connectivity index (χ1) is 10.4. The summed E-state index contributed by atoms with van der Waals surface area (Å²) in [4.78, 5) is 10.8. The van der Waals surface area contributed by atoms with Crippen molar-refractivity contribution >= 4 is 6.09 Å². The molecule has 7 heteroatoms. The molecule has 1 fully saturated rings. The van der Waals surface area contributed by atoms with Crippen LogP contribution < -0.4 is 10.6 Å². The van der Waals surface area contributed by atoms with Gasteiger partial charge in [-0.2, -0.15) is 0 Å². The molecule has 5 nitrogen and oxygen atoms in total. The second kappa shape index (κ2) is 7.51. The van der Waals surface area contributed by atoms with Gasteiger partial charge < -0.3 is 20.8 Å². The lowest BCUT2D eigenvalue weighted by molar-refractivity contribution is 0.117. The van der Waals surface area contributed by atoms with Crippen molar-refractivity contribution < 1.29 is 23.8 Å². The van der Waals surface area contributed by atoms with Crippen molar-refractivity contribution in [2.24, 2.45) is 5.92 Å². The SMILES string of the molecule is O=C(O)N[C@@H](Cc1cc(F)cc(F)c1)[C@H](O)CNCC1CC1. The zero-order chi connectivity index (χ0) is 16.1. The van der Waals surface area contributed by atoms with Crippen molar-refractivity contribution in [2.75, 3.05) is 13.1 Å². The monoisotopic (exact) mass is 314 g/mol. The van der Waals surface area contributed by atoms with Gasteiger partial charge in [-0.05, 0) is 49.4 Å². The molecule has 0 aliphatic heterocycles. The molecular weight excluding hydrogens is 294 g/mol. The number of rotatable bonds is 8. The number of nitrogens with one attached hydrogen (secondary N) is 2. The number of hydrogen-bond acceptors (Lipinski definition) is 3. The maximum absolute atomic E-state index is 13.2. The third-order valence-electron chi connectivity index (χ3n) is 3.63. The van der Waals surface area contributed by atoms with E-state index in [2.05, 4.69) is 10.6 Å². The Labute approximate surface area is 127 Å². The van der Waals surface area contributed by atoms with E-state index in [0.717, 1.165) is 24.7 Å². The van der Waals surface area contributed by atoms with Crippen LogP contribution in [0.15, 0.2) is 18.2 Å². The minimum atomic E-state index is -1.29. The van der Waals surface area contributed by atoms with Crippen molar-refractivity contribution in [3.05, 3.63) is 35.4 Å². The van der Waals surface area contributed by atoms with Crippen molar-refractivity contribution in [1.82, 2.24) is 10.6 Å². The quantitative estimate of drug-likeness (QED) is 0.586. The van der Waals surface area contributed by atoms with Crippen LogP contribution in [0, 0.1) is 17.6 Å². The van der Waals surface area contributed by atoms with Crippen LogP contribution in [0.1, 0.15) is 18.4 Å². The Morgan fingerprint density at radius 3 is 2.45 bits per heavy atom. The number of aliphatic hydroxyl groups excluding tert-OH is 1. The summed E-state index contributed by atoms with van der Waals surface area (Å²) in [6.07, 6.45) is 0.0716. The van der Waals surface area contributed by atoms with Gasteiger partial charge in [0.2, 0.25) is 0 Å². The number of amides is 1. The van der Waals surface area contributed by atoms with Gasteiger partial charge in [-0.25, -0.2) is 13.6 Å². The molecule has 4 N–H and O–H groups in total. The van der Waals surface area contributed by atoms with E-state index in [9.17, 15) is 18.7 Å². The molecule has 1 saturated carbocycles. The molecule has 0 saturated heterocycles. The Morgan fingerprint density at radius 2 is 1.91 bits per heavy atom. The van der Waals surface area contributed by atoms with Crippen LogP contribution in [-0.2, 0) is 6.42 Å². The summed E-state index contributed by atoms with van der Waals surface area (Å²) in [6.45, 7) is 1.00. The number of aliphatic hydroxyl groups is 1. The van der Waals surface area contributed by atoms with Crippen LogP contribution >= 0.6 is 0 Å². The highest BCUT2D eigenvalue weighted by atomic mass is 19.1. The number of benzene rings is 1. The number of hydrogen-bond donors (Lipinski definition) is 4. The van der Waals surface area contributed by atoms with Crippen molar-refractivity contribution in [2.45, 2.75) is 31.4 Å². The third-order valence-corrected chi connectivity index (χ3v) is 3.63. The molecule has 1 aromatic carbocycles. The smallest absolute Gasteiger partial charge is 0.404 e. The average molecular weight is 314 g/mol. The van der Waals surface area contributed by atoms with Crippen molar-refractivity contribution in [3.8, 4) is 0 Å². The summed E-state index contributed by atoms with van der Waals surface area (Å²) in [5.74, 6) is -0.828. The standard InChI is InChI=1S/C15H20F2N2O3/c16-11-3-10(4-12(17)6-11)5-13(19-15(21)22)14(20)8-18-7-9-1-2-9/h3-4,6,9,13-14,18-20H,1-2,5,7-8H2,(H,21,22)/t13-,14+/m0/s1. The normalized spacial score (nSPS) is 17.0. The van der Waals surface area contributed by atoms with Crippen LogP contribution in [0.4, 0.5) is 13.6 Å². The Balaban J connectivity index is 1.95. The lowest BCUT2D eigenvalue weighted by atomic mass is 10.0. The first-order valence-electron chi connectivity index (χ1n) is 7.27. The van der Waals surface area contributed by atoms with Crippen molar-refractivity contribution in [3.63, 3.8) is 0 Å². The summed E-state index contributed by atoms with van der Waals surface area (Å²) in [5.41, 5.74) is 0.289. The fourth-order valence-electron chi connectivity index (χ4n) is 2.32. The maximum Gasteiger partial charge on any atom is 0.404 e. The van der Waals surface area contributed by atoms with Crippen LogP contribution in [-0.4, -0.2) is 41.5 Å². The van der Waals surface area contributed by atoms with Gasteiger partial charge in [0.15, 0.2) is 0 Å². The largest absolute Gasteiger partial charge is 0.465 e. The van der Waals surface area contributed by atoms with E-state index in [1.54, 1.807) is 0 Å². The number of halogens is 2. The fraction of sp³-hybridized carbons (Fsp3) is 0.533. The topological polar surface area (TPSA) is 81.6 Å². The molecule has 0 aromatic heterocycles. The zero-order valence-corrected chi connectivity index (χ0v) is 12.1. The molecule has 2 atom stereocenters. The molecule has 0 unspecified atom stereocenters. The predicted octanol–water partition coefficient (Wildman–Crippen LogP) is 1.50. The molecular formula is C15H20F2N2O3. The summed E-state index contributed by atoms with van der Waals surface area (Å²) in [7, 11) is 0. The van der Waals surface area contributed by atoms with Gasteiger partial charge in [0, 0.05) is 12.6 Å². The summed E-state index contributed by atoms with van der Waals surface area (Å²) in [6, 6.07) is 2.16. The first kappa shape index (κ1) is 16.6. The highest BCUT2D eigenvalue weighted by molar-refractivity contribution is 5.65. The molecule has 22 heavy (non-hydrogen) atoms. The number of carbonyl (C=O) groups is 1. The van der Waals surface area contributed by atoms with Gasteiger partial charge in [-0.15, -0.1) is 0 Å². The third kappa shape index (κ3) is 5.57. The first-order valence-corrected chi connectivity index (χ1v) is 7.27. The Kier molecular flexibility index (Phi) is 5.68. The molecule has 2 rings (SSSR count). The van der Waals surface area contributed by atoms with E-state index < -0.39 is 29.9 Å². The Morgan fingerprint density at radius 1 is 1.27 bits per heavy atom. The second-order valence-electron chi connectivity index (χ2n) is 5.71. The van der Waals surface area contributed by atoms with Crippen LogP contribution in [0.2, 0.25) is 0 Å². The van der Waals surface area contributed by atoms with E-state index in [1.165, 1.54) is 12.8 Å². The predicted molar refractivity (Wildman–Crippen MR) is 76.6 cm³/mol. The van der Waals surface area contributed by atoms with Gasteiger partial charge >= 0.3 is 6.09 Å². The lowest BCUT2D eigenvalue weighted by Gasteiger charge is -2.23. The Bertz CT molecular complexity index is 503. The Hall–Kier alpha value is -1.73. The zero-order valence-electron chi connectivity index (χ0n) is 12.1. The summed E-state index contributed by atoms with van der Waals surface area (Å²) >= 11 is 0. The minimum Gasteiger partial charge on any atom is -0.465 e. The molecule has 1 aliphatic carbocycles. The lowest BCUT2D eigenvalue weighted by Crippen LogP contribution is -2.48. The van der Waals surface area contributed by atoms with Gasteiger partial charge in [0.05, 0.1) is 12.1 Å². The van der Waals surface area contributed by atoms with E-state index >= 15 is 0 Å². The molecule has 1 aromatic rings. The van der Waals surface area contributed by atoms with Crippen molar-refractivity contribution in [1.29, 1.82) is 0 Å². The van der Waals surface area contributed by atoms with Gasteiger partial charge in [0.25, 0.3) is 0 Å². The van der Waals surface area contributed by atoms with Crippen LogP contribution in [0.3, 0.4) is 0 Å². The summed E-state index contributed by atoms with van der Waals surface area (Å²) < 4.78 is 26.4. The number of carboxylic acid groups (broad SMARTS) is 1. The molecule has 1 amide bonds. The maximum atomic E-state index is 13.2. The average Bonchev–Trinajstić information content (AvgIpc) is 3.20. The van der Waals surface area contributed by atoms with E-state index in [1.807, 2.05) is 0 Å². The summed E-state index contributed by atoms with van der Waals surface area (Å²) in [5, 5.41) is 24.2. The van der Waals surface area contributed by atoms with Gasteiger partial charge in [0.1, 0.15) is 11.6 Å². The molecule has 0 radical (unpaired) electrons. The molecule has 0 bridgehead atoms. The van der Waals surface area contributed by atoms with E-state index in [0.29, 0.717) is 5.92 Å². The van der Waals surface area contributed by atoms with Gasteiger partial charge in [-0.1, -0.05) is 0 Å². The fourth-order valence-corrected chi connectivity index (χ4v) is 2.32. The highest BCUT2D eigenvalue weighted by Gasteiger charge is 2.24. The molecule has 0 spiro atoms. The van der Waals surface area contributed by atoms with E-state index in [-0.39, 0.29) is 18.5 Å². The molecule has 1 aliphatic rings. The second-order valence-corrected chi connectivity index (χ2v) is 5.71. The van der Waals surface area contributed by atoms with E-state index in [4.69, 9.17) is 5.11 Å². The molecule has 122 valence electrons.